The normalized spacial score (nSPS) is 14.9. The molecule has 116 valence electrons. The van der Waals surface area contributed by atoms with Gasteiger partial charge in [0.05, 0.1) is 29.6 Å². The van der Waals surface area contributed by atoms with Crippen LogP contribution in [0.25, 0.3) is 0 Å². The van der Waals surface area contributed by atoms with Crippen LogP contribution < -0.4 is 10.2 Å². The fourth-order valence-corrected chi connectivity index (χ4v) is 2.99. The summed E-state index contributed by atoms with van der Waals surface area (Å²) in [6.45, 7) is 3.93. The topological polar surface area (TPSA) is 24.5 Å². The number of benzene rings is 2. The molecule has 1 aliphatic rings. The van der Waals surface area contributed by atoms with Gasteiger partial charge in [0.15, 0.2) is 0 Å². The molecular weight excluding hydrogens is 319 g/mol. The van der Waals surface area contributed by atoms with E-state index < -0.39 is 0 Å². The van der Waals surface area contributed by atoms with Crippen molar-refractivity contribution in [2.24, 2.45) is 0 Å². The summed E-state index contributed by atoms with van der Waals surface area (Å²) in [5, 5.41) is 4.99. The van der Waals surface area contributed by atoms with Crippen LogP contribution in [0.5, 0.6) is 0 Å². The lowest BCUT2D eigenvalue weighted by Gasteiger charge is -2.31. The molecule has 1 N–H and O–H groups in total. The van der Waals surface area contributed by atoms with E-state index in [4.69, 9.17) is 27.9 Å². The number of halogens is 2. The van der Waals surface area contributed by atoms with Gasteiger partial charge in [-0.15, -0.1) is 0 Å². The minimum absolute atomic E-state index is 0.731. The molecule has 1 saturated heterocycles. The molecule has 0 saturated carbocycles. The number of hydrogen-bond donors (Lipinski definition) is 1. The average Bonchev–Trinajstić information content (AvgIpc) is 2.55. The minimum atomic E-state index is 0.731. The van der Waals surface area contributed by atoms with E-state index in [1.165, 1.54) is 5.56 Å². The van der Waals surface area contributed by atoms with Crippen LogP contribution in [0.4, 0.5) is 11.4 Å². The first-order valence-electron chi connectivity index (χ1n) is 7.33. The Labute approximate surface area is 140 Å². The fourth-order valence-electron chi connectivity index (χ4n) is 2.57. The first-order chi connectivity index (χ1) is 10.7. The summed E-state index contributed by atoms with van der Waals surface area (Å²) < 4.78 is 5.42. The van der Waals surface area contributed by atoms with Gasteiger partial charge in [-0.05, 0) is 29.8 Å². The molecule has 0 aliphatic carbocycles. The minimum Gasteiger partial charge on any atom is -0.379 e. The Bertz CT molecular complexity index is 625. The lowest BCUT2D eigenvalue weighted by molar-refractivity contribution is 0.123. The van der Waals surface area contributed by atoms with Crippen molar-refractivity contribution in [2.75, 3.05) is 36.5 Å². The van der Waals surface area contributed by atoms with Crippen LogP contribution in [0.3, 0.4) is 0 Å². The third-order valence-electron chi connectivity index (χ3n) is 3.71. The van der Waals surface area contributed by atoms with E-state index in [1.807, 2.05) is 36.4 Å². The zero-order valence-electron chi connectivity index (χ0n) is 12.2. The smallest absolute Gasteiger partial charge is 0.0792 e. The predicted molar refractivity (Wildman–Crippen MR) is 93.3 cm³/mol. The summed E-state index contributed by atoms with van der Waals surface area (Å²) >= 11 is 12.3. The highest BCUT2D eigenvalue weighted by Crippen LogP contribution is 2.34. The van der Waals surface area contributed by atoms with Gasteiger partial charge in [0.1, 0.15) is 0 Å². The maximum Gasteiger partial charge on any atom is 0.0792 e. The van der Waals surface area contributed by atoms with Gasteiger partial charge in [0.25, 0.3) is 0 Å². The van der Waals surface area contributed by atoms with Crippen molar-refractivity contribution in [1.82, 2.24) is 0 Å². The number of nitrogens with one attached hydrogen (secondary N) is 1. The Morgan fingerprint density at radius 3 is 2.45 bits per heavy atom. The molecule has 3 rings (SSSR count). The lowest BCUT2D eigenvalue weighted by atomic mass is 10.2. The molecule has 0 unspecified atom stereocenters. The maximum atomic E-state index is 6.43. The van der Waals surface area contributed by atoms with Crippen molar-refractivity contribution in [3.8, 4) is 0 Å². The number of para-hydroxylation sites is 1. The van der Waals surface area contributed by atoms with Gasteiger partial charge in [-0.2, -0.15) is 0 Å². The van der Waals surface area contributed by atoms with Gasteiger partial charge >= 0.3 is 0 Å². The third kappa shape index (κ3) is 3.67. The zero-order valence-corrected chi connectivity index (χ0v) is 13.7. The van der Waals surface area contributed by atoms with Crippen molar-refractivity contribution in [2.45, 2.75) is 6.54 Å². The second kappa shape index (κ2) is 7.23. The van der Waals surface area contributed by atoms with Crippen molar-refractivity contribution in [1.29, 1.82) is 0 Å². The molecule has 5 heteroatoms. The van der Waals surface area contributed by atoms with Crippen LogP contribution in [0.1, 0.15) is 5.56 Å². The van der Waals surface area contributed by atoms with Gasteiger partial charge in [0, 0.05) is 24.7 Å². The molecule has 0 atom stereocenters. The number of anilines is 2. The third-order valence-corrected chi connectivity index (χ3v) is 4.27. The Kier molecular flexibility index (Phi) is 5.08. The standard InChI is InChI=1S/C17H18Cl2N2O/c18-14-6-4-13(5-7-14)12-20-16-3-1-2-15(19)17(16)21-8-10-22-11-9-21/h1-7,20H,8-12H2. The summed E-state index contributed by atoms with van der Waals surface area (Å²) in [6.07, 6.45) is 0. The van der Waals surface area contributed by atoms with Crippen molar-refractivity contribution in [3.63, 3.8) is 0 Å². The van der Waals surface area contributed by atoms with Crippen LogP contribution in [-0.2, 0) is 11.3 Å². The molecule has 0 bridgehead atoms. The van der Waals surface area contributed by atoms with Gasteiger partial charge in [-0.25, -0.2) is 0 Å². The van der Waals surface area contributed by atoms with Gasteiger partial charge in [0.2, 0.25) is 0 Å². The van der Waals surface area contributed by atoms with Crippen LogP contribution in [-0.4, -0.2) is 26.3 Å². The first kappa shape index (κ1) is 15.5. The summed E-state index contributed by atoms with van der Waals surface area (Å²) in [5.74, 6) is 0. The zero-order chi connectivity index (χ0) is 15.4. The van der Waals surface area contributed by atoms with Crippen LogP contribution in [0, 0.1) is 0 Å². The number of ether oxygens (including phenoxy) is 1. The Hall–Kier alpha value is -1.42. The molecule has 0 spiro atoms. The highest BCUT2D eigenvalue weighted by Gasteiger charge is 2.17. The van der Waals surface area contributed by atoms with E-state index in [0.717, 1.165) is 54.3 Å². The lowest BCUT2D eigenvalue weighted by Crippen LogP contribution is -2.36. The molecule has 1 fully saturated rings. The van der Waals surface area contributed by atoms with Gasteiger partial charge in [-0.3, -0.25) is 0 Å². The Balaban J connectivity index is 1.77. The Morgan fingerprint density at radius 1 is 1.00 bits per heavy atom. The van der Waals surface area contributed by atoms with Crippen molar-refractivity contribution >= 4 is 34.6 Å². The van der Waals surface area contributed by atoms with Gasteiger partial charge < -0.3 is 15.0 Å². The predicted octanol–water partition coefficient (Wildman–Crippen LogP) is 4.44. The van der Waals surface area contributed by atoms with E-state index in [0.29, 0.717) is 0 Å². The summed E-state index contributed by atoms with van der Waals surface area (Å²) in [4.78, 5) is 2.27. The van der Waals surface area contributed by atoms with E-state index >= 15 is 0 Å². The number of morpholine rings is 1. The second-order valence-corrected chi connectivity index (χ2v) is 6.06. The van der Waals surface area contributed by atoms with E-state index in [-0.39, 0.29) is 0 Å². The molecular formula is C17H18Cl2N2O. The molecule has 2 aromatic carbocycles. The SMILES string of the molecule is Clc1ccc(CNc2cccc(Cl)c2N2CCOCC2)cc1. The van der Waals surface area contributed by atoms with E-state index in [2.05, 4.69) is 16.3 Å². The van der Waals surface area contributed by atoms with Crippen LogP contribution >= 0.6 is 23.2 Å². The summed E-state index contributed by atoms with van der Waals surface area (Å²) in [5.41, 5.74) is 3.28. The quantitative estimate of drug-likeness (QED) is 0.893. The van der Waals surface area contributed by atoms with Crippen molar-refractivity contribution in [3.05, 3.63) is 58.1 Å². The highest BCUT2D eigenvalue weighted by molar-refractivity contribution is 6.34. The van der Waals surface area contributed by atoms with Crippen molar-refractivity contribution < 1.29 is 4.74 Å². The molecule has 1 heterocycles. The van der Waals surface area contributed by atoms with Gasteiger partial charge in [-0.1, -0.05) is 41.4 Å². The first-order valence-corrected chi connectivity index (χ1v) is 8.09. The largest absolute Gasteiger partial charge is 0.379 e. The molecule has 0 aromatic heterocycles. The average molecular weight is 337 g/mol. The van der Waals surface area contributed by atoms with E-state index in [9.17, 15) is 0 Å². The summed E-state index contributed by atoms with van der Waals surface area (Å²) in [7, 11) is 0. The van der Waals surface area contributed by atoms with E-state index in [1.54, 1.807) is 0 Å². The molecule has 0 radical (unpaired) electrons. The van der Waals surface area contributed by atoms with Crippen LogP contribution in [0.15, 0.2) is 42.5 Å². The molecule has 0 amide bonds. The number of nitrogens with zero attached hydrogens (tertiary/aromatic N) is 1. The molecule has 1 aliphatic heterocycles. The maximum absolute atomic E-state index is 6.43. The number of rotatable bonds is 4. The monoisotopic (exact) mass is 336 g/mol. The fraction of sp³-hybridized carbons (Fsp3) is 0.294. The Morgan fingerprint density at radius 2 is 1.73 bits per heavy atom. The highest BCUT2D eigenvalue weighted by atomic mass is 35.5. The molecule has 2 aromatic rings. The second-order valence-electron chi connectivity index (χ2n) is 5.22. The molecule has 3 nitrogen and oxygen atoms in total. The molecule has 22 heavy (non-hydrogen) atoms. The number of hydrogen-bond acceptors (Lipinski definition) is 3. The van der Waals surface area contributed by atoms with Crippen LogP contribution in [0.2, 0.25) is 10.0 Å². The summed E-state index contributed by atoms with van der Waals surface area (Å²) in [6, 6.07) is 13.8.